The normalized spacial score (nSPS) is 11.3. The van der Waals surface area contributed by atoms with Crippen LogP contribution in [-0.2, 0) is 0 Å². The fourth-order valence-corrected chi connectivity index (χ4v) is 3.21. The van der Waals surface area contributed by atoms with Gasteiger partial charge in [-0.25, -0.2) is 0 Å². The van der Waals surface area contributed by atoms with Crippen molar-refractivity contribution in [1.82, 2.24) is 0 Å². The van der Waals surface area contributed by atoms with Crippen molar-refractivity contribution >= 4 is 44.0 Å². The van der Waals surface area contributed by atoms with Gasteiger partial charge in [0.15, 0.2) is 0 Å². The van der Waals surface area contributed by atoms with E-state index in [4.69, 9.17) is 9.47 Å². The van der Waals surface area contributed by atoms with Gasteiger partial charge in [-0.2, -0.15) is 0 Å². The summed E-state index contributed by atoms with van der Waals surface area (Å²) >= 11 is 7.12. The molecule has 0 aliphatic heterocycles. The number of hydrogen-bond acceptors (Lipinski definition) is 2. The number of rotatable bonds is 6. The average molecular weight is 438 g/mol. The Labute approximate surface area is 154 Å². The van der Waals surface area contributed by atoms with Crippen molar-refractivity contribution in [2.45, 2.75) is 6.42 Å². The molecule has 0 aliphatic carbocycles. The van der Waals surface area contributed by atoms with Gasteiger partial charge in [-0.15, -0.1) is 0 Å². The minimum atomic E-state index is 0.836. The number of allylic oxidation sites excluding steroid dienone is 2. The van der Waals surface area contributed by atoms with Gasteiger partial charge < -0.3 is 9.47 Å². The maximum atomic E-state index is 5.29. The lowest BCUT2D eigenvalue weighted by Crippen LogP contribution is -1.86. The Hall–Kier alpha value is -1.52. The van der Waals surface area contributed by atoms with Crippen molar-refractivity contribution in [1.29, 1.82) is 0 Å². The summed E-state index contributed by atoms with van der Waals surface area (Å²) in [5, 5.41) is 0. The van der Waals surface area contributed by atoms with Crippen LogP contribution < -0.4 is 9.47 Å². The Balaban J connectivity index is 2.02. The summed E-state index contributed by atoms with van der Waals surface area (Å²) in [6.45, 7) is 0. The zero-order chi connectivity index (χ0) is 16.7. The first-order valence-electron chi connectivity index (χ1n) is 7.15. The van der Waals surface area contributed by atoms with E-state index >= 15 is 0 Å². The third-order valence-electron chi connectivity index (χ3n) is 3.29. The van der Waals surface area contributed by atoms with Crippen LogP contribution in [0.4, 0.5) is 0 Å². The number of hydrogen-bond donors (Lipinski definition) is 0. The van der Waals surface area contributed by atoms with E-state index in [1.165, 1.54) is 0 Å². The summed E-state index contributed by atoms with van der Waals surface area (Å²) in [5.74, 6) is 1.67. The van der Waals surface area contributed by atoms with E-state index in [2.05, 4.69) is 56.2 Å². The van der Waals surface area contributed by atoms with Crippen LogP contribution in [-0.4, -0.2) is 14.2 Å². The summed E-state index contributed by atoms with van der Waals surface area (Å²) in [6.07, 6.45) is 9.23. The Kier molecular flexibility index (Phi) is 6.93. The monoisotopic (exact) mass is 436 g/mol. The molecule has 4 heteroatoms. The molecule has 0 N–H and O–H groups in total. The number of methoxy groups -OCH3 is 2. The lowest BCUT2D eigenvalue weighted by atomic mass is 10.1. The van der Waals surface area contributed by atoms with E-state index < -0.39 is 0 Å². The van der Waals surface area contributed by atoms with Crippen LogP contribution in [0.25, 0.3) is 12.2 Å². The van der Waals surface area contributed by atoms with Crippen molar-refractivity contribution in [3.05, 3.63) is 68.6 Å². The molecule has 23 heavy (non-hydrogen) atoms. The Morgan fingerprint density at radius 2 is 1.22 bits per heavy atom. The maximum absolute atomic E-state index is 5.29. The largest absolute Gasteiger partial charge is 0.496 e. The van der Waals surface area contributed by atoms with E-state index in [0.717, 1.165) is 38.0 Å². The Morgan fingerprint density at radius 1 is 0.783 bits per heavy atom. The van der Waals surface area contributed by atoms with Gasteiger partial charge in [-0.3, -0.25) is 0 Å². The third kappa shape index (κ3) is 4.72. The van der Waals surface area contributed by atoms with E-state index in [-0.39, 0.29) is 0 Å². The molecule has 0 spiro atoms. The summed E-state index contributed by atoms with van der Waals surface area (Å²) in [7, 11) is 3.34. The van der Waals surface area contributed by atoms with Gasteiger partial charge in [0.25, 0.3) is 0 Å². The molecular formula is C19H18Br2O2. The quantitative estimate of drug-likeness (QED) is 0.524. The van der Waals surface area contributed by atoms with Crippen LogP contribution in [0.3, 0.4) is 0 Å². The SMILES string of the molecule is COc1cccc(C=CCC=Cc2cccc(OC)c2Br)c1Br. The molecule has 120 valence electrons. The molecule has 0 amide bonds. The van der Waals surface area contributed by atoms with Gasteiger partial charge in [0.2, 0.25) is 0 Å². The second kappa shape index (κ2) is 8.94. The van der Waals surface area contributed by atoms with Gasteiger partial charge in [-0.1, -0.05) is 48.6 Å². The molecule has 0 fully saturated rings. The Bertz CT molecular complexity index is 660. The predicted molar refractivity (Wildman–Crippen MR) is 104 cm³/mol. The number of ether oxygens (including phenoxy) is 2. The van der Waals surface area contributed by atoms with Gasteiger partial charge in [0, 0.05) is 0 Å². The highest BCUT2D eigenvalue weighted by molar-refractivity contribution is 9.11. The first-order chi connectivity index (χ1) is 11.2. The van der Waals surface area contributed by atoms with E-state index in [1.54, 1.807) is 14.2 Å². The van der Waals surface area contributed by atoms with Crippen molar-refractivity contribution in [3.63, 3.8) is 0 Å². The summed E-state index contributed by atoms with van der Waals surface area (Å²) in [4.78, 5) is 0. The zero-order valence-electron chi connectivity index (χ0n) is 13.1. The molecule has 0 heterocycles. The number of halogens is 2. The van der Waals surface area contributed by atoms with Gasteiger partial charge in [0.05, 0.1) is 23.2 Å². The lowest BCUT2D eigenvalue weighted by molar-refractivity contribution is 0.412. The minimum Gasteiger partial charge on any atom is -0.496 e. The van der Waals surface area contributed by atoms with Gasteiger partial charge in [0.1, 0.15) is 11.5 Å². The molecule has 0 saturated carbocycles. The highest BCUT2D eigenvalue weighted by Crippen LogP contribution is 2.30. The van der Waals surface area contributed by atoms with Crippen molar-refractivity contribution in [3.8, 4) is 11.5 Å². The fourth-order valence-electron chi connectivity index (χ4n) is 2.10. The molecule has 0 bridgehead atoms. The second-order valence-corrected chi connectivity index (χ2v) is 6.35. The van der Waals surface area contributed by atoms with Gasteiger partial charge >= 0.3 is 0 Å². The average Bonchev–Trinajstić information content (AvgIpc) is 2.57. The summed E-state index contributed by atoms with van der Waals surface area (Å²) in [6, 6.07) is 11.9. The molecule has 0 aromatic heterocycles. The smallest absolute Gasteiger partial charge is 0.133 e. The third-order valence-corrected chi connectivity index (χ3v) is 4.99. The van der Waals surface area contributed by atoms with Crippen LogP contribution >= 0.6 is 31.9 Å². The van der Waals surface area contributed by atoms with Gasteiger partial charge in [-0.05, 0) is 61.5 Å². The minimum absolute atomic E-state index is 0.836. The molecule has 2 rings (SSSR count). The first-order valence-corrected chi connectivity index (χ1v) is 8.74. The Morgan fingerprint density at radius 3 is 1.61 bits per heavy atom. The summed E-state index contributed by atoms with van der Waals surface area (Å²) in [5.41, 5.74) is 2.20. The van der Waals surface area contributed by atoms with Crippen LogP contribution in [0, 0.1) is 0 Å². The van der Waals surface area contributed by atoms with Crippen LogP contribution in [0.2, 0.25) is 0 Å². The number of benzene rings is 2. The van der Waals surface area contributed by atoms with Crippen molar-refractivity contribution in [2.75, 3.05) is 14.2 Å². The summed E-state index contributed by atoms with van der Waals surface area (Å²) < 4.78 is 12.5. The molecule has 0 atom stereocenters. The molecule has 0 aliphatic rings. The molecule has 0 saturated heterocycles. The molecule has 2 nitrogen and oxygen atoms in total. The topological polar surface area (TPSA) is 18.5 Å². The molecule has 0 radical (unpaired) electrons. The molecule has 0 unspecified atom stereocenters. The fraction of sp³-hybridized carbons (Fsp3) is 0.158. The zero-order valence-corrected chi connectivity index (χ0v) is 16.2. The van der Waals surface area contributed by atoms with E-state index in [1.807, 2.05) is 36.4 Å². The van der Waals surface area contributed by atoms with Crippen LogP contribution in [0.15, 0.2) is 57.5 Å². The molecule has 2 aromatic rings. The van der Waals surface area contributed by atoms with Crippen LogP contribution in [0.1, 0.15) is 17.5 Å². The highest BCUT2D eigenvalue weighted by Gasteiger charge is 2.03. The second-order valence-electron chi connectivity index (χ2n) is 4.77. The first kappa shape index (κ1) is 17.8. The van der Waals surface area contributed by atoms with Crippen molar-refractivity contribution < 1.29 is 9.47 Å². The molecule has 2 aromatic carbocycles. The van der Waals surface area contributed by atoms with Crippen LogP contribution in [0.5, 0.6) is 11.5 Å². The maximum Gasteiger partial charge on any atom is 0.133 e. The highest BCUT2D eigenvalue weighted by atomic mass is 79.9. The standard InChI is InChI=1S/C19H18Br2O2/c1-22-16-12-6-10-14(18(16)20)8-4-3-5-9-15-11-7-13-17(23-2)19(15)21/h4-13H,3H2,1-2H3. The van der Waals surface area contributed by atoms with E-state index in [9.17, 15) is 0 Å². The van der Waals surface area contributed by atoms with Crippen molar-refractivity contribution in [2.24, 2.45) is 0 Å². The predicted octanol–water partition coefficient (Wildman–Crippen LogP) is 6.35. The lowest BCUT2D eigenvalue weighted by Gasteiger charge is -2.05. The molecular weight excluding hydrogens is 420 g/mol. The van der Waals surface area contributed by atoms with E-state index in [0.29, 0.717) is 0 Å².